The summed E-state index contributed by atoms with van der Waals surface area (Å²) in [6, 6.07) is 5.95. The summed E-state index contributed by atoms with van der Waals surface area (Å²) in [5.41, 5.74) is 6.55. The van der Waals surface area contributed by atoms with Crippen LogP contribution in [0.3, 0.4) is 0 Å². The molecule has 0 saturated carbocycles. The van der Waals surface area contributed by atoms with Crippen LogP contribution in [0.25, 0.3) is 0 Å². The van der Waals surface area contributed by atoms with Crippen LogP contribution >= 0.6 is 0 Å². The predicted octanol–water partition coefficient (Wildman–Crippen LogP) is 0.854. The van der Waals surface area contributed by atoms with Crippen molar-refractivity contribution in [1.82, 2.24) is 5.32 Å². The van der Waals surface area contributed by atoms with Crippen LogP contribution in [0.4, 0.5) is 0 Å². The smallest absolute Gasteiger partial charge is 0.231 e. The third-order valence-corrected chi connectivity index (χ3v) is 2.35. The van der Waals surface area contributed by atoms with Gasteiger partial charge in [-0.1, -0.05) is 12.1 Å². The molecule has 3 N–H and O–H groups in total. The van der Waals surface area contributed by atoms with Crippen molar-refractivity contribution in [2.24, 2.45) is 5.73 Å². The van der Waals surface area contributed by atoms with Crippen molar-refractivity contribution in [2.75, 3.05) is 19.9 Å². The topological polar surface area (TPSA) is 56.5 Å². The molecule has 0 radical (unpaired) electrons. The molecular formula is C11H16N2O2. The Hall–Kier alpha value is -1.26. The standard InChI is InChI=1S/C11H16N2O2/c12-5-2-6-13-7-9-3-1-4-10-11(9)15-8-14-10/h1,3-4,13H,2,5-8,12H2. The van der Waals surface area contributed by atoms with Crippen LogP contribution in [0.1, 0.15) is 12.0 Å². The molecular weight excluding hydrogens is 192 g/mol. The average Bonchev–Trinajstić information content (AvgIpc) is 2.73. The Morgan fingerprint density at radius 3 is 3.13 bits per heavy atom. The largest absolute Gasteiger partial charge is 0.454 e. The molecule has 1 aromatic rings. The van der Waals surface area contributed by atoms with E-state index in [-0.39, 0.29) is 0 Å². The van der Waals surface area contributed by atoms with Gasteiger partial charge in [-0.15, -0.1) is 0 Å². The van der Waals surface area contributed by atoms with Gasteiger partial charge in [0.25, 0.3) is 0 Å². The first-order chi connectivity index (χ1) is 7.42. The van der Waals surface area contributed by atoms with Gasteiger partial charge in [-0.2, -0.15) is 0 Å². The number of fused-ring (bicyclic) bond motifs is 1. The molecule has 82 valence electrons. The second-order valence-corrected chi connectivity index (χ2v) is 3.47. The molecule has 0 aliphatic carbocycles. The minimum atomic E-state index is 0.329. The van der Waals surface area contributed by atoms with Crippen molar-refractivity contribution in [3.05, 3.63) is 23.8 Å². The molecule has 4 nitrogen and oxygen atoms in total. The second-order valence-electron chi connectivity index (χ2n) is 3.47. The summed E-state index contributed by atoms with van der Waals surface area (Å²) in [5, 5.41) is 3.32. The van der Waals surface area contributed by atoms with Crippen LogP contribution in [0.15, 0.2) is 18.2 Å². The molecule has 0 bridgehead atoms. The first-order valence-electron chi connectivity index (χ1n) is 5.20. The summed E-state index contributed by atoms with van der Waals surface area (Å²) in [7, 11) is 0. The molecule has 1 aliphatic heterocycles. The lowest BCUT2D eigenvalue weighted by Gasteiger charge is -2.06. The van der Waals surface area contributed by atoms with E-state index in [4.69, 9.17) is 15.2 Å². The fourth-order valence-electron chi connectivity index (χ4n) is 1.58. The third-order valence-electron chi connectivity index (χ3n) is 2.35. The average molecular weight is 208 g/mol. The van der Waals surface area contributed by atoms with E-state index >= 15 is 0 Å². The van der Waals surface area contributed by atoms with E-state index in [2.05, 4.69) is 5.32 Å². The molecule has 1 aromatic carbocycles. The molecule has 0 aromatic heterocycles. The molecule has 0 saturated heterocycles. The highest BCUT2D eigenvalue weighted by Crippen LogP contribution is 2.35. The molecule has 0 fully saturated rings. The van der Waals surface area contributed by atoms with E-state index in [0.717, 1.165) is 43.1 Å². The second kappa shape index (κ2) is 5.00. The van der Waals surface area contributed by atoms with Gasteiger partial charge in [0.15, 0.2) is 11.5 Å². The van der Waals surface area contributed by atoms with E-state index in [1.807, 2.05) is 18.2 Å². The predicted molar refractivity (Wildman–Crippen MR) is 57.9 cm³/mol. The number of hydrogen-bond donors (Lipinski definition) is 2. The zero-order valence-electron chi connectivity index (χ0n) is 8.66. The summed E-state index contributed by atoms with van der Waals surface area (Å²) in [6.07, 6.45) is 0.992. The number of nitrogens with two attached hydrogens (primary N) is 1. The lowest BCUT2D eigenvalue weighted by atomic mass is 10.2. The van der Waals surface area contributed by atoms with E-state index in [0.29, 0.717) is 6.79 Å². The van der Waals surface area contributed by atoms with Gasteiger partial charge in [-0.3, -0.25) is 0 Å². The van der Waals surface area contributed by atoms with Crippen LogP contribution < -0.4 is 20.5 Å². The maximum Gasteiger partial charge on any atom is 0.231 e. The molecule has 0 amide bonds. The Morgan fingerprint density at radius 2 is 2.27 bits per heavy atom. The summed E-state index contributed by atoms with van der Waals surface area (Å²) in [4.78, 5) is 0. The fraction of sp³-hybridized carbons (Fsp3) is 0.455. The van der Waals surface area contributed by atoms with Crippen molar-refractivity contribution >= 4 is 0 Å². The van der Waals surface area contributed by atoms with Gasteiger partial charge in [-0.05, 0) is 25.6 Å². The van der Waals surface area contributed by atoms with Gasteiger partial charge in [0.2, 0.25) is 6.79 Å². The summed E-state index contributed by atoms with van der Waals surface area (Å²) < 4.78 is 10.7. The maximum absolute atomic E-state index is 5.41. The number of hydrogen-bond acceptors (Lipinski definition) is 4. The van der Waals surface area contributed by atoms with Gasteiger partial charge in [-0.25, -0.2) is 0 Å². The van der Waals surface area contributed by atoms with Crippen LogP contribution in [0.2, 0.25) is 0 Å². The van der Waals surface area contributed by atoms with Crippen molar-refractivity contribution < 1.29 is 9.47 Å². The number of ether oxygens (including phenoxy) is 2. The third kappa shape index (κ3) is 2.40. The van der Waals surface area contributed by atoms with Gasteiger partial charge in [0.1, 0.15) is 0 Å². The van der Waals surface area contributed by atoms with Gasteiger partial charge in [0, 0.05) is 12.1 Å². The molecule has 0 unspecified atom stereocenters. The number of nitrogens with one attached hydrogen (secondary N) is 1. The maximum atomic E-state index is 5.41. The molecule has 0 atom stereocenters. The van der Waals surface area contributed by atoms with Crippen molar-refractivity contribution in [1.29, 1.82) is 0 Å². The van der Waals surface area contributed by atoms with Crippen LogP contribution in [0, 0.1) is 0 Å². The van der Waals surface area contributed by atoms with Crippen LogP contribution in [-0.4, -0.2) is 19.9 Å². The molecule has 4 heteroatoms. The highest BCUT2D eigenvalue weighted by molar-refractivity contribution is 5.47. The minimum Gasteiger partial charge on any atom is -0.454 e. The lowest BCUT2D eigenvalue weighted by molar-refractivity contribution is 0.173. The summed E-state index contributed by atoms with van der Waals surface area (Å²) in [6.45, 7) is 2.78. The van der Waals surface area contributed by atoms with Crippen LogP contribution in [0.5, 0.6) is 11.5 Å². The number of benzene rings is 1. The molecule has 15 heavy (non-hydrogen) atoms. The summed E-state index contributed by atoms with van der Waals surface area (Å²) >= 11 is 0. The molecule has 1 heterocycles. The Balaban J connectivity index is 1.94. The highest BCUT2D eigenvalue weighted by atomic mass is 16.7. The first-order valence-corrected chi connectivity index (χ1v) is 5.20. The van der Waals surface area contributed by atoms with Crippen molar-refractivity contribution in [3.8, 4) is 11.5 Å². The lowest BCUT2D eigenvalue weighted by Crippen LogP contribution is -2.17. The van der Waals surface area contributed by atoms with Gasteiger partial charge < -0.3 is 20.5 Å². The Labute approximate surface area is 89.4 Å². The Morgan fingerprint density at radius 1 is 1.33 bits per heavy atom. The van der Waals surface area contributed by atoms with Gasteiger partial charge >= 0.3 is 0 Å². The molecule has 2 rings (SSSR count). The van der Waals surface area contributed by atoms with Crippen molar-refractivity contribution in [2.45, 2.75) is 13.0 Å². The fourth-order valence-corrected chi connectivity index (χ4v) is 1.58. The number of para-hydroxylation sites is 1. The number of rotatable bonds is 5. The van der Waals surface area contributed by atoms with E-state index in [1.165, 1.54) is 0 Å². The first kappa shape index (κ1) is 10.3. The minimum absolute atomic E-state index is 0.329. The van der Waals surface area contributed by atoms with E-state index < -0.39 is 0 Å². The normalized spacial score (nSPS) is 13.1. The monoisotopic (exact) mass is 208 g/mol. The Kier molecular flexibility index (Phi) is 3.42. The SMILES string of the molecule is NCCCNCc1cccc2c1OCO2. The van der Waals surface area contributed by atoms with E-state index in [9.17, 15) is 0 Å². The van der Waals surface area contributed by atoms with Crippen LogP contribution in [-0.2, 0) is 6.54 Å². The quantitative estimate of drug-likeness (QED) is 0.704. The van der Waals surface area contributed by atoms with Crippen molar-refractivity contribution in [3.63, 3.8) is 0 Å². The highest BCUT2D eigenvalue weighted by Gasteiger charge is 2.16. The molecule has 1 aliphatic rings. The zero-order chi connectivity index (χ0) is 10.5. The zero-order valence-corrected chi connectivity index (χ0v) is 8.66. The van der Waals surface area contributed by atoms with E-state index in [1.54, 1.807) is 0 Å². The summed E-state index contributed by atoms with van der Waals surface area (Å²) in [5.74, 6) is 1.71. The Bertz CT molecular complexity index is 328. The van der Waals surface area contributed by atoms with Gasteiger partial charge in [0.05, 0.1) is 0 Å². The molecule has 0 spiro atoms.